The van der Waals surface area contributed by atoms with E-state index >= 15 is 0 Å². The van der Waals surface area contributed by atoms with Crippen LogP contribution >= 0.6 is 10.7 Å². The summed E-state index contributed by atoms with van der Waals surface area (Å²) in [5.74, 6) is 0.0296. The van der Waals surface area contributed by atoms with Crippen LogP contribution in [0.25, 0.3) is 0 Å². The molecule has 0 atom stereocenters. The van der Waals surface area contributed by atoms with Crippen molar-refractivity contribution in [3.63, 3.8) is 0 Å². The minimum Gasteiger partial charge on any atom is -0.496 e. The fourth-order valence-electron chi connectivity index (χ4n) is 1.12. The summed E-state index contributed by atoms with van der Waals surface area (Å²) in [6, 6.07) is 6.42. The van der Waals surface area contributed by atoms with Gasteiger partial charge in [-0.2, -0.15) is 5.26 Å². The molecule has 1 rings (SSSR count). The van der Waals surface area contributed by atoms with Gasteiger partial charge in [0.25, 0.3) is 0 Å². The van der Waals surface area contributed by atoms with Crippen LogP contribution in [0.15, 0.2) is 18.2 Å². The van der Waals surface area contributed by atoms with E-state index in [1.165, 1.54) is 25.3 Å². The van der Waals surface area contributed by atoms with Crippen molar-refractivity contribution in [2.45, 2.75) is 5.75 Å². The molecule has 0 N–H and O–H groups in total. The molecule has 0 saturated heterocycles. The number of nitriles is 1. The standard InChI is InChI=1S/C9H8ClNO3S/c1-14-9-4-7(5-11)2-3-8(9)6-15(10,12)13/h2-4H,6H2,1H3. The maximum atomic E-state index is 10.9. The lowest BCUT2D eigenvalue weighted by Crippen LogP contribution is -1.98. The Morgan fingerprint density at radius 3 is 2.67 bits per heavy atom. The second-order valence-electron chi connectivity index (χ2n) is 2.82. The summed E-state index contributed by atoms with van der Waals surface area (Å²) in [5.41, 5.74) is 0.842. The Hall–Kier alpha value is -1.25. The zero-order chi connectivity index (χ0) is 11.5. The van der Waals surface area contributed by atoms with Crippen molar-refractivity contribution in [3.8, 4) is 11.8 Å². The topological polar surface area (TPSA) is 67.2 Å². The number of nitrogens with zero attached hydrogens (tertiary/aromatic N) is 1. The molecule has 0 radical (unpaired) electrons. The third-order valence-electron chi connectivity index (χ3n) is 1.74. The van der Waals surface area contributed by atoms with Crippen LogP contribution in [0.5, 0.6) is 5.75 Å². The van der Waals surface area contributed by atoms with Gasteiger partial charge >= 0.3 is 0 Å². The molecular weight excluding hydrogens is 238 g/mol. The molecule has 80 valence electrons. The maximum Gasteiger partial charge on any atom is 0.236 e. The second-order valence-corrected chi connectivity index (χ2v) is 5.60. The van der Waals surface area contributed by atoms with Gasteiger partial charge in [0.15, 0.2) is 0 Å². The van der Waals surface area contributed by atoms with Crippen LogP contribution in [-0.2, 0) is 14.8 Å². The van der Waals surface area contributed by atoms with E-state index in [2.05, 4.69) is 0 Å². The highest BCUT2D eigenvalue weighted by atomic mass is 35.7. The molecule has 0 spiro atoms. The molecule has 1 aromatic carbocycles. The third kappa shape index (κ3) is 3.42. The van der Waals surface area contributed by atoms with Gasteiger partial charge in [-0.3, -0.25) is 0 Å². The first-order chi connectivity index (χ1) is 6.96. The van der Waals surface area contributed by atoms with Gasteiger partial charge in [-0.25, -0.2) is 8.42 Å². The number of benzene rings is 1. The van der Waals surface area contributed by atoms with E-state index in [0.717, 1.165) is 0 Å². The lowest BCUT2D eigenvalue weighted by atomic mass is 10.1. The first kappa shape index (κ1) is 11.8. The summed E-state index contributed by atoms with van der Waals surface area (Å²) in [7, 11) is 2.91. The molecule has 0 bridgehead atoms. The fraction of sp³-hybridized carbons (Fsp3) is 0.222. The van der Waals surface area contributed by atoms with Gasteiger partial charge in [-0.05, 0) is 12.1 Å². The van der Waals surface area contributed by atoms with Crippen molar-refractivity contribution in [1.29, 1.82) is 5.26 Å². The molecule has 0 aliphatic rings. The van der Waals surface area contributed by atoms with Gasteiger partial charge in [0.2, 0.25) is 9.05 Å². The van der Waals surface area contributed by atoms with Gasteiger partial charge in [0.05, 0.1) is 24.5 Å². The van der Waals surface area contributed by atoms with Crippen molar-refractivity contribution in [3.05, 3.63) is 29.3 Å². The molecule has 0 saturated carbocycles. The number of ether oxygens (including phenoxy) is 1. The van der Waals surface area contributed by atoms with E-state index in [0.29, 0.717) is 16.9 Å². The Labute approximate surface area is 92.5 Å². The van der Waals surface area contributed by atoms with Gasteiger partial charge in [-0.15, -0.1) is 0 Å². The summed E-state index contributed by atoms with van der Waals surface area (Å²) in [4.78, 5) is 0. The predicted octanol–water partition coefficient (Wildman–Crippen LogP) is 1.64. The SMILES string of the molecule is COc1cc(C#N)ccc1CS(=O)(=O)Cl. The lowest BCUT2D eigenvalue weighted by molar-refractivity contribution is 0.411. The highest BCUT2D eigenvalue weighted by molar-refractivity contribution is 8.13. The van der Waals surface area contributed by atoms with Crippen molar-refractivity contribution >= 4 is 19.7 Å². The molecule has 0 aromatic heterocycles. The Kier molecular flexibility index (Phi) is 3.56. The monoisotopic (exact) mass is 245 g/mol. The fourth-order valence-corrected chi connectivity index (χ4v) is 2.08. The Bertz CT molecular complexity index is 505. The van der Waals surface area contributed by atoms with E-state index in [1.807, 2.05) is 6.07 Å². The normalized spacial score (nSPS) is 10.7. The number of rotatable bonds is 3. The van der Waals surface area contributed by atoms with E-state index in [9.17, 15) is 8.42 Å². The number of methoxy groups -OCH3 is 1. The molecule has 4 nitrogen and oxygen atoms in total. The summed E-state index contributed by atoms with van der Waals surface area (Å²) >= 11 is 0. The first-order valence-electron chi connectivity index (χ1n) is 3.95. The summed E-state index contributed by atoms with van der Waals surface area (Å²) < 4.78 is 26.7. The summed E-state index contributed by atoms with van der Waals surface area (Å²) in [6.07, 6.45) is 0. The van der Waals surface area contributed by atoms with E-state index in [-0.39, 0.29) is 5.75 Å². The van der Waals surface area contributed by atoms with Crippen LogP contribution in [0, 0.1) is 11.3 Å². The highest BCUT2D eigenvalue weighted by Gasteiger charge is 2.12. The van der Waals surface area contributed by atoms with Crippen LogP contribution in [0.1, 0.15) is 11.1 Å². The number of hydrogen-bond acceptors (Lipinski definition) is 4. The zero-order valence-electron chi connectivity index (χ0n) is 7.90. The van der Waals surface area contributed by atoms with Gasteiger partial charge in [-0.1, -0.05) is 6.07 Å². The third-order valence-corrected chi connectivity index (χ3v) is 2.73. The molecule has 0 aliphatic heterocycles. The highest BCUT2D eigenvalue weighted by Crippen LogP contribution is 2.23. The maximum absolute atomic E-state index is 10.9. The summed E-state index contributed by atoms with van der Waals surface area (Å²) in [5, 5.41) is 8.63. The Morgan fingerprint density at radius 1 is 1.53 bits per heavy atom. The molecule has 0 amide bonds. The van der Waals surface area contributed by atoms with E-state index < -0.39 is 9.05 Å². The van der Waals surface area contributed by atoms with Crippen LogP contribution in [0.2, 0.25) is 0 Å². The lowest BCUT2D eigenvalue weighted by Gasteiger charge is -2.06. The van der Waals surface area contributed by atoms with Gasteiger partial charge in [0, 0.05) is 16.2 Å². The van der Waals surface area contributed by atoms with Crippen LogP contribution in [0.4, 0.5) is 0 Å². The molecular formula is C9H8ClNO3S. The summed E-state index contributed by atoms with van der Waals surface area (Å²) in [6.45, 7) is 0. The predicted molar refractivity (Wildman–Crippen MR) is 56.2 cm³/mol. The molecule has 0 heterocycles. The average molecular weight is 246 g/mol. The van der Waals surface area contributed by atoms with Crippen molar-refractivity contribution in [2.75, 3.05) is 7.11 Å². The molecule has 0 aliphatic carbocycles. The quantitative estimate of drug-likeness (QED) is 0.759. The molecule has 1 aromatic rings. The van der Waals surface area contributed by atoms with Crippen LogP contribution in [0.3, 0.4) is 0 Å². The van der Waals surface area contributed by atoms with Crippen molar-refractivity contribution in [1.82, 2.24) is 0 Å². The smallest absolute Gasteiger partial charge is 0.236 e. The molecule has 0 unspecified atom stereocenters. The molecule has 0 fully saturated rings. The minimum absolute atomic E-state index is 0.316. The molecule has 15 heavy (non-hydrogen) atoms. The average Bonchev–Trinajstić information content (AvgIpc) is 2.16. The van der Waals surface area contributed by atoms with Crippen LogP contribution in [-0.4, -0.2) is 15.5 Å². The molecule has 6 heteroatoms. The number of hydrogen-bond donors (Lipinski definition) is 0. The largest absolute Gasteiger partial charge is 0.496 e. The van der Waals surface area contributed by atoms with Gasteiger partial charge < -0.3 is 4.74 Å². The first-order valence-corrected chi connectivity index (χ1v) is 6.43. The zero-order valence-corrected chi connectivity index (χ0v) is 9.47. The van der Waals surface area contributed by atoms with Crippen molar-refractivity contribution in [2.24, 2.45) is 0 Å². The minimum atomic E-state index is -3.62. The number of halogens is 1. The van der Waals surface area contributed by atoms with E-state index in [4.69, 9.17) is 20.7 Å². The second kappa shape index (κ2) is 4.51. The van der Waals surface area contributed by atoms with Gasteiger partial charge in [0.1, 0.15) is 5.75 Å². The Morgan fingerprint density at radius 2 is 2.20 bits per heavy atom. The van der Waals surface area contributed by atoms with E-state index in [1.54, 1.807) is 0 Å². The Balaban J connectivity index is 3.15. The van der Waals surface area contributed by atoms with Crippen LogP contribution < -0.4 is 4.74 Å². The van der Waals surface area contributed by atoms with Crippen molar-refractivity contribution < 1.29 is 13.2 Å².